The molecule has 24 heavy (non-hydrogen) atoms. The van der Waals surface area contributed by atoms with Gasteiger partial charge in [0.05, 0.1) is 5.69 Å². The first kappa shape index (κ1) is 15.7. The molecule has 8 heteroatoms. The van der Waals surface area contributed by atoms with Gasteiger partial charge in [0.2, 0.25) is 0 Å². The zero-order valence-corrected chi connectivity index (χ0v) is 13.5. The highest BCUT2D eigenvalue weighted by Crippen LogP contribution is 2.27. The Morgan fingerprint density at radius 3 is 2.50 bits per heavy atom. The number of benzene rings is 1. The molecule has 3 rings (SSSR count). The fourth-order valence-corrected chi connectivity index (χ4v) is 2.69. The van der Waals surface area contributed by atoms with Gasteiger partial charge in [-0.05, 0) is 25.5 Å². The van der Waals surface area contributed by atoms with E-state index in [0.29, 0.717) is 16.3 Å². The summed E-state index contributed by atoms with van der Waals surface area (Å²) in [5, 5.41) is 7.40. The van der Waals surface area contributed by atoms with E-state index in [1.807, 2.05) is 6.07 Å². The Labute approximate surface area is 138 Å². The van der Waals surface area contributed by atoms with Gasteiger partial charge in [-0.2, -0.15) is 10.1 Å². The molecule has 1 aromatic carbocycles. The number of aromatic nitrogens is 2. The van der Waals surface area contributed by atoms with Crippen LogP contribution in [-0.4, -0.2) is 32.6 Å². The van der Waals surface area contributed by atoms with Crippen molar-refractivity contribution in [2.75, 3.05) is 0 Å². The predicted molar refractivity (Wildman–Crippen MR) is 84.6 cm³/mol. The highest BCUT2D eigenvalue weighted by Gasteiger charge is 2.50. The van der Waals surface area contributed by atoms with Gasteiger partial charge in [-0.1, -0.05) is 30.3 Å². The Hall–Kier alpha value is -3.16. The van der Waals surface area contributed by atoms with Crippen LogP contribution in [0.3, 0.4) is 0 Å². The van der Waals surface area contributed by atoms with E-state index in [1.165, 1.54) is 4.68 Å². The molecular weight excluding hydrogens is 310 g/mol. The number of hydrogen-bond acceptors (Lipinski definition) is 4. The fraction of sp³-hybridized carbons (Fsp3) is 0.250. The summed E-state index contributed by atoms with van der Waals surface area (Å²) in [6.45, 7) is 3.35. The van der Waals surface area contributed by atoms with Crippen molar-refractivity contribution in [1.29, 1.82) is 0 Å². The molecule has 0 bridgehead atoms. The Bertz CT molecular complexity index is 829. The normalized spacial score (nSPS) is 20.2. The first-order valence-electron chi connectivity index (χ1n) is 7.37. The lowest BCUT2D eigenvalue weighted by Gasteiger charge is -2.22. The third-order valence-electron chi connectivity index (χ3n) is 3.99. The first-order chi connectivity index (χ1) is 11.3. The smallest absolute Gasteiger partial charge is 0.318 e. The number of aryl methyl sites for hydroxylation is 2. The Kier molecular flexibility index (Phi) is 3.59. The number of hydrogen-bond donors (Lipinski definition) is 2. The van der Waals surface area contributed by atoms with Crippen molar-refractivity contribution in [1.82, 2.24) is 25.5 Å². The molecule has 8 nitrogen and oxygen atoms in total. The quantitative estimate of drug-likeness (QED) is 0.817. The Morgan fingerprint density at radius 1 is 1.25 bits per heavy atom. The first-order valence-corrected chi connectivity index (χ1v) is 7.37. The van der Waals surface area contributed by atoms with Crippen LogP contribution < -0.4 is 10.7 Å². The number of nitrogens with one attached hydrogen (secondary N) is 2. The zero-order chi connectivity index (χ0) is 17.5. The maximum Gasteiger partial charge on any atom is 0.344 e. The van der Waals surface area contributed by atoms with Gasteiger partial charge in [0.25, 0.3) is 11.8 Å². The van der Waals surface area contributed by atoms with Crippen LogP contribution in [0.2, 0.25) is 0 Å². The zero-order valence-electron chi connectivity index (χ0n) is 13.5. The second-order valence-corrected chi connectivity index (χ2v) is 5.80. The van der Waals surface area contributed by atoms with Gasteiger partial charge in [0.1, 0.15) is 11.2 Å². The largest absolute Gasteiger partial charge is 0.344 e. The molecule has 1 fully saturated rings. The van der Waals surface area contributed by atoms with E-state index >= 15 is 0 Å². The Balaban J connectivity index is 1.85. The van der Waals surface area contributed by atoms with Crippen LogP contribution in [0.5, 0.6) is 0 Å². The summed E-state index contributed by atoms with van der Waals surface area (Å²) < 4.78 is 1.39. The molecule has 1 aliphatic heterocycles. The standard InChI is InChI=1S/C16H17N5O3/c1-10-9-12(20(3)18-10)13(22)19-21-14(23)16(2,17-15(21)24)11-7-5-4-6-8-11/h4-9H,1-3H3,(H,17,24)(H,19,22). The molecule has 2 N–H and O–H groups in total. The topological polar surface area (TPSA) is 96.3 Å². The van der Waals surface area contributed by atoms with Crippen molar-refractivity contribution in [3.8, 4) is 0 Å². The number of imide groups is 1. The number of urea groups is 1. The van der Waals surface area contributed by atoms with Crippen LogP contribution in [0.15, 0.2) is 36.4 Å². The molecule has 1 unspecified atom stereocenters. The molecule has 0 saturated carbocycles. The van der Waals surface area contributed by atoms with Crippen LogP contribution in [0.25, 0.3) is 0 Å². The average molecular weight is 327 g/mol. The monoisotopic (exact) mass is 327 g/mol. The van der Waals surface area contributed by atoms with Crippen molar-refractivity contribution in [3.05, 3.63) is 53.3 Å². The van der Waals surface area contributed by atoms with E-state index in [4.69, 9.17) is 0 Å². The number of amides is 4. The van der Waals surface area contributed by atoms with Gasteiger partial charge in [0, 0.05) is 7.05 Å². The predicted octanol–water partition coefficient (Wildman–Crippen LogP) is 0.841. The second kappa shape index (κ2) is 5.48. The second-order valence-electron chi connectivity index (χ2n) is 5.80. The van der Waals surface area contributed by atoms with Gasteiger partial charge in [0.15, 0.2) is 0 Å². The Morgan fingerprint density at radius 2 is 1.92 bits per heavy atom. The van der Waals surface area contributed by atoms with E-state index < -0.39 is 23.4 Å². The lowest BCUT2D eigenvalue weighted by molar-refractivity contribution is -0.132. The summed E-state index contributed by atoms with van der Waals surface area (Å²) in [4.78, 5) is 37.2. The molecule has 1 aliphatic rings. The minimum absolute atomic E-state index is 0.251. The van der Waals surface area contributed by atoms with Crippen LogP contribution in [0.4, 0.5) is 4.79 Å². The van der Waals surface area contributed by atoms with Crippen molar-refractivity contribution in [3.63, 3.8) is 0 Å². The molecule has 1 saturated heterocycles. The molecule has 0 aliphatic carbocycles. The number of nitrogens with zero attached hydrogens (tertiary/aromatic N) is 3. The molecule has 2 heterocycles. The fourth-order valence-electron chi connectivity index (χ4n) is 2.69. The molecule has 124 valence electrons. The minimum atomic E-state index is -1.23. The van der Waals surface area contributed by atoms with Gasteiger partial charge < -0.3 is 5.32 Å². The summed E-state index contributed by atoms with van der Waals surface area (Å²) >= 11 is 0. The summed E-state index contributed by atoms with van der Waals surface area (Å²) in [5.41, 5.74) is 2.67. The van der Waals surface area contributed by atoms with E-state index in [0.717, 1.165) is 0 Å². The lowest BCUT2D eigenvalue weighted by atomic mass is 9.92. The number of hydrazine groups is 1. The number of carbonyl (C=O) groups excluding carboxylic acids is 3. The average Bonchev–Trinajstić information content (AvgIpc) is 3.00. The minimum Gasteiger partial charge on any atom is -0.318 e. The van der Waals surface area contributed by atoms with Gasteiger partial charge in [-0.3, -0.25) is 19.7 Å². The number of rotatable bonds is 3. The van der Waals surface area contributed by atoms with Crippen LogP contribution in [-0.2, 0) is 17.4 Å². The summed E-state index contributed by atoms with van der Waals surface area (Å²) in [5.74, 6) is -1.13. The molecule has 0 radical (unpaired) electrons. The molecule has 1 aromatic heterocycles. The maximum absolute atomic E-state index is 12.7. The van der Waals surface area contributed by atoms with E-state index in [2.05, 4.69) is 15.8 Å². The van der Waals surface area contributed by atoms with E-state index in [-0.39, 0.29) is 5.69 Å². The summed E-state index contributed by atoms with van der Waals surface area (Å²) in [6, 6.07) is 9.75. The maximum atomic E-state index is 12.7. The van der Waals surface area contributed by atoms with Crippen molar-refractivity contribution >= 4 is 17.8 Å². The molecular formula is C16H17N5O3. The van der Waals surface area contributed by atoms with Crippen molar-refractivity contribution in [2.24, 2.45) is 7.05 Å². The third-order valence-corrected chi connectivity index (χ3v) is 3.99. The third kappa shape index (κ3) is 2.41. The van der Waals surface area contributed by atoms with Crippen LogP contribution in [0.1, 0.15) is 28.7 Å². The molecule has 1 atom stereocenters. The van der Waals surface area contributed by atoms with E-state index in [1.54, 1.807) is 51.2 Å². The van der Waals surface area contributed by atoms with Gasteiger partial charge in [-0.25, -0.2) is 4.79 Å². The summed E-state index contributed by atoms with van der Waals surface area (Å²) in [6.07, 6.45) is 0. The highest BCUT2D eigenvalue weighted by molar-refractivity contribution is 6.09. The van der Waals surface area contributed by atoms with Crippen LogP contribution >= 0.6 is 0 Å². The molecule has 2 aromatic rings. The lowest BCUT2D eigenvalue weighted by Crippen LogP contribution is -2.48. The highest BCUT2D eigenvalue weighted by atomic mass is 16.2. The summed E-state index contributed by atoms with van der Waals surface area (Å²) in [7, 11) is 1.61. The van der Waals surface area contributed by atoms with Crippen LogP contribution in [0, 0.1) is 6.92 Å². The van der Waals surface area contributed by atoms with E-state index in [9.17, 15) is 14.4 Å². The van der Waals surface area contributed by atoms with Crippen molar-refractivity contribution < 1.29 is 14.4 Å². The molecule has 4 amide bonds. The SMILES string of the molecule is Cc1cc(C(=O)NN2C(=O)NC(C)(c3ccccc3)C2=O)n(C)n1. The number of carbonyl (C=O) groups is 3. The molecule has 0 spiro atoms. The van der Waals surface area contributed by atoms with Gasteiger partial charge >= 0.3 is 6.03 Å². The van der Waals surface area contributed by atoms with Crippen molar-refractivity contribution in [2.45, 2.75) is 19.4 Å². The van der Waals surface area contributed by atoms with Gasteiger partial charge in [-0.15, -0.1) is 0 Å².